The average molecular weight is 527 g/mol. The lowest BCUT2D eigenvalue weighted by molar-refractivity contribution is 0.596. The summed E-state index contributed by atoms with van der Waals surface area (Å²) in [6.45, 7) is 7.24. The summed E-state index contributed by atoms with van der Waals surface area (Å²) in [6, 6.07) is 42.9. The van der Waals surface area contributed by atoms with E-state index in [0.717, 1.165) is 0 Å². The third-order valence-corrected chi connectivity index (χ3v) is 10.1. The summed E-state index contributed by atoms with van der Waals surface area (Å²) in [6.07, 6.45) is 8.34. The normalized spacial score (nSPS) is 11.7. The number of rotatable bonds is 9. The molecule has 0 bridgehead atoms. The van der Waals surface area contributed by atoms with Crippen LogP contribution < -0.4 is 10.9 Å². The van der Waals surface area contributed by atoms with Gasteiger partial charge in [-0.3, -0.25) is 0 Å². The maximum Gasteiger partial charge on any atom is 0.206 e. The van der Waals surface area contributed by atoms with Gasteiger partial charge in [-0.25, -0.2) is 4.98 Å². The molecule has 0 saturated heterocycles. The van der Waals surface area contributed by atoms with Crippen LogP contribution in [-0.2, 0) is 5.16 Å². The van der Waals surface area contributed by atoms with Gasteiger partial charge in [-0.2, -0.15) is 0 Å². The topological polar surface area (TPSA) is 17.8 Å². The Morgan fingerprint density at radius 2 is 1.23 bits per heavy atom. The van der Waals surface area contributed by atoms with E-state index >= 15 is 0 Å². The predicted molar refractivity (Wildman–Crippen MR) is 172 cm³/mol. The van der Waals surface area contributed by atoms with Gasteiger partial charge in [-0.05, 0) is 24.5 Å². The number of hydrogen-bond acceptors (Lipinski definition) is 1. The van der Waals surface area contributed by atoms with Gasteiger partial charge in [-0.1, -0.05) is 164 Å². The third kappa shape index (κ3) is 7.16. The van der Waals surface area contributed by atoms with E-state index in [9.17, 15) is 0 Å². The Bertz CT molecular complexity index is 1310. The molecule has 0 spiro atoms. The summed E-state index contributed by atoms with van der Waals surface area (Å²) in [4.78, 5) is 4.37. The molecule has 196 valence electrons. The fourth-order valence-electron chi connectivity index (χ4n) is 5.21. The van der Waals surface area contributed by atoms with E-state index in [-0.39, 0.29) is 5.16 Å². The van der Waals surface area contributed by atoms with Gasteiger partial charge in [-0.15, -0.1) is 0 Å². The quantitative estimate of drug-likeness (QED) is 0.202. The molecule has 4 aromatic carbocycles. The summed E-state index contributed by atoms with van der Waals surface area (Å²) in [5.41, 5.74) is 9.46. The SMILES string of the molecule is CB(c1ccccc1)c1ccccc1.CCCC(C)=C[SiH2]C(c1ccccc1)(c1ccccc1)n1ccnc1. The maximum absolute atomic E-state index is 4.37. The second-order valence-corrected chi connectivity index (χ2v) is 11.9. The molecule has 5 aromatic rings. The molecule has 1 aromatic heterocycles. The average Bonchev–Trinajstić information content (AvgIpc) is 3.55. The van der Waals surface area contributed by atoms with Crippen LogP contribution in [0.4, 0.5) is 0 Å². The summed E-state index contributed by atoms with van der Waals surface area (Å²) < 4.78 is 2.31. The highest BCUT2D eigenvalue weighted by atomic mass is 28.2. The van der Waals surface area contributed by atoms with Gasteiger partial charge in [0.2, 0.25) is 6.71 Å². The Labute approximate surface area is 237 Å². The van der Waals surface area contributed by atoms with E-state index in [2.05, 4.69) is 163 Å². The van der Waals surface area contributed by atoms with Crippen LogP contribution >= 0.6 is 0 Å². The van der Waals surface area contributed by atoms with Crippen molar-refractivity contribution in [1.82, 2.24) is 9.55 Å². The standard InChI is InChI=1S/C22H26N2Si.C13H13B/c1-3-10-19(2)17-25-22(24-16-15-23-18-24,20-11-6-4-7-12-20)21-13-8-5-9-14-21;1-14(12-8-4-2-5-9-12)13-10-6-3-7-11-13/h4-9,11-18H,3,10,25H2,1-2H3;2-11H,1H3. The number of hydrogen-bond donors (Lipinski definition) is 0. The van der Waals surface area contributed by atoms with Gasteiger partial charge in [0.1, 0.15) is 0 Å². The third-order valence-electron chi connectivity index (χ3n) is 7.44. The number of aromatic nitrogens is 2. The van der Waals surface area contributed by atoms with E-state index in [0.29, 0.717) is 6.71 Å². The molecule has 0 aliphatic carbocycles. The molecule has 0 amide bonds. The highest BCUT2D eigenvalue weighted by molar-refractivity contribution is 6.84. The minimum absolute atomic E-state index is 0.145. The van der Waals surface area contributed by atoms with Crippen molar-refractivity contribution in [2.45, 2.75) is 38.7 Å². The van der Waals surface area contributed by atoms with Crippen molar-refractivity contribution in [3.05, 3.63) is 162 Å². The van der Waals surface area contributed by atoms with Crippen molar-refractivity contribution in [1.29, 1.82) is 0 Å². The van der Waals surface area contributed by atoms with Gasteiger partial charge in [0.15, 0.2) is 0 Å². The largest absolute Gasteiger partial charge is 0.326 e. The van der Waals surface area contributed by atoms with E-state index in [1.807, 2.05) is 12.5 Å². The van der Waals surface area contributed by atoms with Crippen LogP contribution in [0.3, 0.4) is 0 Å². The fourth-order valence-corrected chi connectivity index (χ4v) is 7.40. The molecule has 1 heterocycles. The van der Waals surface area contributed by atoms with E-state index in [1.54, 1.807) is 0 Å². The molecule has 0 N–H and O–H groups in total. The van der Waals surface area contributed by atoms with E-state index in [4.69, 9.17) is 0 Å². The van der Waals surface area contributed by atoms with Gasteiger partial charge in [0.05, 0.1) is 21.0 Å². The van der Waals surface area contributed by atoms with Crippen molar-refractivity contribution in [3.63, 3.8) is 0 Å². The number of allylic oxidation sites excluding steroid dienone is 1. The molecule has 0 atom stereocenters. The lowest BCUT2D eigenvalue weighted by atomic mass is 9.43. The minimum Gasteiger partial charge on any atom is -0.326 e. The van der Waals surface area contributed by atoms with Crippen LogP contribution in [-0.4, -0.2) is 25.8 Å². The lowest BCUT2D eigenvalue weighted by Crippen LogP contribution is -2.41. The molecule has 39 heavy (non-hydrogen) atoms. The Balaban J connectivity index is 0.000000212. The first-order valence-corrected chi connectivity index (χ1v) is 15.5. The van der Waals surface area contributed by atoms with Crippen molar-refractivity contribution in [2.24, 2.45) is 0 Å². The summed E-state index contributed by atoms with van der Waals surface area (Å²) >= 11 is 0. The van der Waals surface area contributed by atoms with Crippen molar-refractivity contribution >= 4 is 27.2 Å². The lowest BCUT2D eigenvalue weighted by Gasteiger charge is -2.36. The van der Waals surface area contributed by atoms with Crippen LogP contribution in [0.25, 0.3) is 0 Å². The minimum atomic E-state index is -0.654. The molecule has 0 radical (unpaired) electrons. The monoisotopic (exact) mass is 526 g/mol. The zero-order valence-electron chi connectivity index (χ0n) is 23.4. The summed E-state index contributed by atoms with van der Waals surface area (Å²) in [7, 11) is -0.654. The smallest absolute Gasteiger partial charge is 0.206 e. The maximum atomic E-state index is 4.37. The Hall–Kier alpha value is -3.89. The second kappa shape index (κ2) is 14.3. The molecule has 2 nitrogen and oxygen atoms in total. The van der Waals surface area contributed by atoms with Crippen LogP contribution in [0.5, 0.6) is 0 Å². The molecule has 0 aliphatic heterocycles. The Morgan fingerprint density at radius 1 is 0.769 bits per heavy atom. The number of benzene rings is 4. The first-order valence-electron chi connectivity index (χ1n) is 14.0. The van der Waals surface area contributed by atoms with Crippen LogP contribution in [0.15, 0.2) is 151 Å². The van der Waals surface area contributed by atoms with Crippen LogP contribution in [0.2, 0.25) is 6.82 Å². The van der Waals surface area contributed by atoms with Crippen molar-refractivity contribution in [3.8, 4) is 0 Å². The predicted octanol–water partition coefficient (Wildman–Crippen LogP) is 6.43. The van der Waals surface area contributed by atoms with Gasteiger partial charge < -0.3 is 4.57 Å². The molecular formula is C35H39BN2Si. The Kier molecular flexibility index (Phi) is 10.3. The molecule has 0 aliphatic rings. The number of imidazole rings is 1. The molecule has 0 saturated carbocycles. The fraction of sp³-hybridized carbons (Fsp3) is 0.171. The van der Waals surface area contributed by atoms with Gasteiger partial charge in [0, 0.05) is 12.4 Å². The second-order valence-electron chi connectivity index (χ2n) is 10.1. The van der Waals surface area contributed by atoms with Crippen molar-refractivity contribution < 1.29 is 0 Å². The highest BCUT2D eigenvalue weighted by Gasteiger charge is 2.35. The van der Waals surface area contributed by atoms with Crippen LogP contribution in [0.1, 0.15) is 37.8 Å². The Morgan fingerprint density at radius 3 is 1.64 bits per heavy atom. The van der Waals surface area contributed by atoms with E-state index in [1.165, 1.54) is 40.5 Å². The zero-order valence-corrected chi connectivity index (χ0v) is 24.9. The first kappa shape index (κ1) is 28.1. The van der Waals surface area contributed by atoms with E-state index < -0.39 is 9.52 Å². The summed E-state index contributed by atoms with van der Waals surface area (Å²) in [5.74, 6) is 0. The highest BCUT2D eigenvalue weighted by Crippen LogP contribution is 2.33. The molecule has 0 unspecified atom stereocenters. The van der Waals surface area contributed by atoms with Crippen LogP contribution in [0, 0.1) is 0 Å². The zero-order chi connectivity index (χ0) is 27.3. The molecule has 0 fully saturated rings. The van der Waals surface area contributed by atoms with Gasteiger partial charge in [0.25, 0.3) is 0 Å². The molecular weight excluding hydrogens is 487 g/mol. The first-order chi connectivity index (χ1) is 19.1. The summed E-state index contributed by atoms with van der Waals surface area (Å²) in [5, 5.41) is -0.145. The van der Waals surface area contributed by atoms with Gasteiger partial charge >= 0.3 is 0 Å². The molecule has 4 heteroatoms. The molecule has 5 rings (SSSR count). The van der Waals surface area contributed by atoms with Crippen molar-refractivity contribution in [2.75, 3.05) is 0 Å². The number of nitrogens with zero attached hydrogens (tertiary/aromatic N) is 2.